The molecule has 2 atom stereocenters. The Kier molecular flexibility index (Phi) is 5.35. The van der Waals surface area contributed by atoms with E-state index in [2.05, 4.69) is 0 Å². The Morgan fingerprint density at radius 3 is 2.41 bits per heavy atom. The van der Waals surface area contributed by atoms with Crippen LogP contribution in [0, 0.1) is 5.92 Å². The van der Waals surface area contributed by atoms with E-state index in [1.54, 1.807) is 33.1 Å². The number of fused-ring (bicyclic) bond motifs is 1. The second-order valence-electron chi connectivity index (χ2n) is 6.82. The van der Waals surface area contributed by atoms with Gasteiger partial charge in [0.1, 0.15) is 17.2 Å². The van der Waals surface area contributed by atoms with Crippen LogP contribution in [0.25, 0.3) is 0 Å². The maximum atomic E-state index is 12.1. The first-order chi connectivity index (χ1) is 12.9. The topological polar surface area (TPSA) is 82.1 Å². The zero-order valence-corrected chi connectivity index (χ0v) is 15.5. The van der Waals surface area contributed by atoms with Crippen LogP contribution in [-0.2, 0) is 9.59 Å². The van der Waals surface area contributed by atoms with Crippen LogP contribution in [0.5, 0.6) is 17.2 Å². The summed E-state index contributed by atoms with van der Waals surface area (Å²) in [5.41, 5.74) is 1.84. The average Bonchev–Trinajstić information content (AvgIpc) is 2.64. The molecule has 6 nitrogen and oxygen atoms in total. The molecule has 142 valence electrons. The van der Waals surface area contributed by atoms with Gasteiger partial charge in [0.25, 0.3) is 0 Å². The number of carboxylic acid groups (broad SMARTS) is 1. The molecule has 1 aliphatic rings. The second kappa shape index (κ2) is 7.70. The van der Waals surface area contributed by atoms with Crippen molar-refractivity contribution < 1.29 is 28.9 Å². The smallest absolute Gasteiger partial charge is 0.345 e. The SMILES string of the molecule is COc1ccc(C2CC(=O)Oc3cc(OC(C(=O)O)C(C)C)ccc32)cc1. The fraction of sp³-hybridized carbons (Fsp3) is 0.333. The number of carboxylic acids is 1. The molecule has 1 aliphatic heterocycles. The van der Waals surface area contributed by atoms with Gasteiger partial charge < -0.3 is 19.3 Å². The predicted molar refractivity (Wildman–Crippen MR) is 98.4 cm³/mol. The van der Waals surface area contributed by atoms with Crippen LogP contribution in [0.1, 0.15) is 37.3 Å². The molecule has 0 aliphatic carbocycles. The lowest BCUT2D eigenvalue weighted by molar-refractivity contribution is -0.147. The molecule has 0 spiro atoms. The van der Waals surface area contributed by atoms with E-state index >= 15 is 0 Å². The summed E-state index contributed by atoms with van der Waals surface area (Å²) in [5, 5.41) is 9.30. The van der Waals surface area contributed by atoms with Crippen molar-refractivity contribution in [3.8, 4) is 17.2 Å². The van der Waals surface area contributed by atoms with Gasteiger partial charge in [-0.25, -0.2) is 4.79 Å². The Balaban J connectivity index is 1.91. The lowest BCUT2D eigenvalue weighted by atomic mass is 9.86. The Hall–Kier alpha value is -3.02. The molecule has 0 saturated carbocycles. The molecule has 0 radical (unpaired) electrons. The molecule has 2 aromatic carbocycles. The van der Waals surface area contributed by atoms with E-state index in [1.807, 2.05) is 30.3 Å². The molecule has 0 aromatic heterocycles. The minimum atomic E-state index is -1.03. The molecule has 0 bridgehead atoms. The van der Waals surface area contributed by atoms with E-state index in [1.165, 1.54) is 0 Å². The average molecular weight is 370 g/mol. The van der Waals surface area contributed by atoms with Crippen LogP contribution in [0.4, 0.5) is 0 Å². The Morgan fingerprint density at radius 2 is 1.81 bits per heavy atom. The van der Waals surface area contributed by atoms with Gasteiger partial charge >= 0.3 is 11.9 Å². The number of hydrogen-bond acceptors (Lipinski definition) is 5. The van der Waals surface area contributed by atoms with Crippen LogP contribution in [0.2, 0.25) is 0 Å². The summed E-state index contributed by atoms with van der Waals surface area (Å²) in [5.74, 6) is -0.199. The summed E-state index contributed by atoms with van der Waals surface area (Å²) in [6.45, 7) is 3.55. The van der Waals surface area contributed by atoms with Crippen molar-refractivity contribution in [2.75, 3.05) is 7.11 Å². The lowest BCUT2D eigenvalue weighted by Gasteiger charge is -2.26. The van der Waals surface area contributed by atoms with Crippen LogP contribution in [-0.4, -0.2) is 30.3 Å². The summed E-state index contributed by atoms with van der Waals surface area (Å²) >= 11 is 0. The Morgan fingerprint density at radius 1 is 1.15 bits per heavy atom. The maximum Gasteiger partial charge on any atom is 0.345 e. The van der Waals surface area contributed by atoms with Gasteiger partial charge in [-0.15, -0.1) is 0 Å². The quantitative estimate of drug-likeness (QED) is 0.618. The zero-order valence-electron chi connectivity index (χ0n) is 15.5. The number of aliphatic carboxylic acids is 1. The third-order valence-electron chi connectivity index (χ3n) is 4.59. The summed E-state index contributed by atoms with van der Waals surface area (Å²) in [7, 11) is 1.60. The molecule has 0 saturated heterocycles. The van der Waals surface area contributed by atoms with Crippen LogP contribution in [0.15, 0.2) is 42.5 Å². The molecular formula is C21H22O6. The van der Waals surface area contributed by atoms with Crippen LogP contribution < -0.4 is 14.2 Å². The molecular weight excluding hydrogens is 348 g/mol. The normalized spacial score (nSPS) is 17.0. The van der Waals surface area contributed by atoms with Crippen molar-refractivity contribution in [2.24, 2.45) is 5.92 Å². The Bertz CT molecular complexity index is 840. The third-order valence-corrected chi connectivity index (χ3v) is 4.59. The van der Waals surface area contributed by atoms with E-state index in [4.69, 9.17) is 14.2 Å². The van der Waals surface area contributed by atoms with Crippen molar-refractivity contribution >= 4 is 11.9 Å². The molecule has 3 rings (SSSR count). The number of methoxy groups -OCH3 is 1. The number of carbonyl (C=O) groups is 2. The van der Waals surface area contributed by atoms with Gasteiger partial charge in [0, 0.05) is 23.5 Å². The minimum Gasteiger partial charge on any atom is -0.497 e. The molecule has 27 heavy (non-hydrogen) atoms. The van der Waals surface area contributed by atoms with Gasteiger partial charge in [-0.05, 0) is 23.8 Å². The Labute approximate surface area is 157 Å². The molecule has 0 amide bonds. The van der Waals surface area contributed by atoms with E-state index in [0.29, 0.717) is 11.5 Å². The summed E-state index contributed by atoms with van der Waals surface area (Å²) in [6.07, 6.45) is -0.733. The first-order valence-corrected chi connectivity index (χ1v) is 8.77. The van der Waals surface area contributed by atoms with Crippen LogP contribution in [0.3, 0.4) is 0 Å². The predicted octanol–water partition coefficient (Wildman–Crippen LogP) is 3.62. The molecule has 6 heteroatoms. The van der Waals surface area contributed by atoms with Gasteiger partial charge in [-0.3, -0.25) is 4.79 Å². The van der Waals surface area contributed by atoms with E-state index in [9.17, 15) is 14.7 Å². The lowest BCUT2D eigenvalue weighted by Crippen LogP contribution is -2.32. The number of esters is 1. The minimum absolute atomic E-state index is 0.137. The molecule has 1 heterocycles. The first kappa shape index (κ1) is 18.8. The highest BCUT2D eigenvalue weighted by Gasteiger charge is 2.30. The van der Waals surface area contributed by atoms with E-state index < -0.39 is 12.1 Å². The number of ether oxygens (including phenoxy) is 3. The van der Waals surface area contributed by atoms with Gasteiger partial charge in [-0.1, -0.05) is 32.0 Å². The van der Waals surface area contributed by atoms with Gasteiger partial charge in [0.15, 0.2) is 6.10 Å². The number of rotatable bonds is 6. The number of hydrogen-bond donors (Lipinski definition) is 1. The highest BCUT2D eigenvalue weighted by atomic mass is 16.5. The van der Waals surface area contributed by atoms with Crippen molar-refractivity contribution in [2.45, 2.75) is 32.3 Å². The third kappa shape index (κ3) is 4.05. The van der Waals surface area contributed by atoms with Gasteiger partial charge in [0.2, 0.25) is 0 Å². The highest BCUT2D eigenvalue weighted by molar-refractivity contribution is 5.78. The summed E-state index contributed by atoms with van der Waals surface area (Å²) in [4.78, 5) is 23.5. The fourth-order valence-corrected chi connectivity index (χ4v) is 3.16. The van der Waals surface area contributed by atoms with Gasteiger partial charge in [0.05, 0.1) is 13.5 Å². The fourth-order valence-electron chi connectivity index (χ4n) is 3.16. The van der Waals surface area contributed by atoms with Crippen molar-refractivity contribution in [1.29, 1.82) is 0 Å². The van der Waals surface area contributed by atoms with Crippen molar-refractivity contribution in [1.82, 2.24) is 0 Å². The number of benzene rings is 2. The van der Waals surface area contributed by atoms with Gasteiger partial charge in [-0.2, -0.15) is 0 Å². The zero-order chi connectivity index (χ0) is 19.6. The standard InChI is InChI=1S/C21H22O6/c1-12(2)20(21(23)24)26-15-8-9-16-17(11-19(22)27-18(16)10-15)13-4-6-14(25-3)7-5-13/h4-10,12,17,20H,11H2,1-3H3,(H,23,24). The number of carbonyl (C=O) groups excluding carboxylic acids is 1. The maximum absolute atomic E-state index is 12.1. The summed E-state index contributed by atoms with van der Waals surface area (Å²) < 4.78 is 16.2. The highest BCUT2D eigenvalue weighted by Crippen LogP contribution is 2.41. The van der Waals surface area contributed by atoms with Crippen molar-refractivity contribution in [3.63, 3.8) is 0 Å². The molecule has 2 aromatic rings. The van der Waals surface area contributed by atoms with Crippen molar-refractivity contribution in [3.05, 3.63) is 53.6 Å². The first-order valence-electron chi connectivity index (χ1n) is 8.77. The second-order valence-corrected chi connectivity index (χ2v) is 6.82. The summed E-state index contributed by atoms with van der Waals surface area (Å²) in [6, 6.07) is 12.7. The van der Waals surface area contributed by atoms with E-state index in [-0.39, 0.29) is 24.2 Å². The molecule has 2 unspecified atom stereocenters. The van der Waals surface area contributed by atoms with E-state index in [0.717, 1.165) is 16.9 Å². The monoisotopic (exact) mass is 370 g/mol. The van der Waals surface area contributed by atoms with Crippen LogP contribution >= 0.6 is 0 Å². The molecule has 0 fully saturated rings. The largest absolute Gasteiger partial charge is 0.497 e. The molecule has 1 N–H and O–H groups in total.